The molecule has 2 aromatic rings. The fourth-order valence-corrected chi connectivity index (χ4v) is 3.44. The number of urea groups is 1. The van der Waals surface area contributed by atoms with E-state index < -0.39 is 10.8 Å². The molecule has 112 valence electrons. The lowest BCUT2D eigenvalue weighted by atomic mass is 10.2. The minimum atomic E-state index is -0.961. The Labute approximate surface area is 131 Å². The maximum Gasteiger partial charge on any atom is 0.315 e. The second-order valence-electron chi connectivity index (χ2n) is 4.46. The second kappa shape index (κ2) is 8.59. The molecule has 1 aromatic heterocycles. The van der Waals surface area contributed by atoms with E-state index in [0.29, 0.717) is 24.6 Å². The first-order valence-corrected chi connectivity index (χ1v) is 9.04. The molecule has 21 heavy (non-hydrogen) atoms. The maximum absolute atomic E-state index is 11.9. The largest absolute Gasteiger partial charge is 0.337 e. The lowest BCUT2D eigenvalue weighted by Crippen LogP contribution is -2.37. The Bertz CT molecular complexity index is 571. The molecule has 0 unspecified atom stereocenters. The fourth-order valence-electron chi connectivity index (χ4n) is 1.75. The number of carbonyl (C=O) groups excluding carboxylic acids is 1. The van der Waals surface area contributed by atoms with Crippen LogP contribution in [0, 0.1) is 0 Å². The first-order chi connectivity index (χ1) is 10.2. The molecule has 1 atom stereocenters. The first kappa shape index (κ1) is 15.7. The smallest absolute Gasteiger partial charge is 0.315 e. The Hall–Kier alpha value is -1.66. The minimum Gasteiger partial charge on any atom is -0.337 e. The normalized spacial score (nSPS) is 11.8. The highest BCUT2D eigenvalue weighted by Crippen LogP contribution is 2.07. The first-order valence-electron chi connectivity index (χ1n) is 6.67. The molecule has 0 spiro atoms. The van der Waals surface area contributed by atoms with E-state index in [0.717, 1.165) is 10.4 Å². The van der Waals surface area contributed by atoms with Crippen LogP contribution in [-0.2, 0) is 23.1 Å². The van der Waals surface area contributed by atoms with Gasteiger partial charge in [0.2, 0.25) is 0 Å². The number of nitrogens with one attached hydrogen (secondary N) is 2. The summed E-state index contributed by atoms with van der Waals surface area (Å²) >= 11 is 1.60. The summed E-state index contributed by atoms with van der Waals surface area (Å²) in [5, 5.41) is 7.47. The van der Waals surface area contributed by atoms with E-state index in [1.807, 2.05) is 47.8 Å². The lowest BCUT2D eigenvalue weighted by molar-refractivity contribution is 0.241. The van der Waals surface area contributed by atoms with Crippen molar-refractivity contribution in [2.45, 2.75) is 12.3 Å². The van der Waals surface area contributed by atoms with Gasteiger partial charge in [-0.1, -0.05) is 36.4 Å². The second-order valence-corrected chi connectivity index (χ2v) is 7.07. The molecule has 1 aromatic carbocycles. The standard InChI is InChI=1S/C15H18N2O2S2/c18-15(17-11-14-7-4-9-20-14)16-8-10-21(19)12-13-5-2-1-3-6-13/h1-7,9H,8,10-12H2,(H2,16,17,18)/t21-/m0/s1. The van der Waals surface area contributed by atoms with Crippen molar-refractivity contribution in [1.82, 2.24) is 10.6 Å². The maximum atomic E-state index is 11.9. The molecule has 0 aliphatic heterocycles. The number of rotatable bonds is 7. The Kier molecular flexibility index (Phi) is 6.43. The molecule has 2 rings (SSSR count). The zero-order chi connectivity index (χ0) is 14.9. The zero-order valence-corrected chi connectivity index (χ0v) is 13.2. The van der Waals surface area contributed by atoms with Gasteiger partial charge < -0.3 is 10.6 Å². The predicted molar refractivity (Wildman–Crippen MR) is 87.7 cm³/mol. The van der Waals surface area contributed by atoms with E-state index >= 15 is 0 Å². The van der Waals surface area contributed by atoms with Gasteiger partial charge in [0.1, 0.15) is 0 Å². The number of carbonyl (C=O) groups is 1. The topological polar surface area (TPSA) is 58.2 Å². The van der Waals surface area contributed by atoms with Crippen LogP contribution >= 0.6 is 11.3 Å². The van der Waals surface area contributed by atoms with Gasteiger partial charge in [-0.05, 0) is 17.0 Å². The highest BCUT2D eigenvalue weighted by molar-refractivity contribution is 7.84. The summed E-state index contributed by atoms with van der Waals surface area (Å²) in [6.45, 7) is 0.937. The van der Waals surface area contributed by atoms with E-state index in [9.17, 15) is 9.00 Å². The van der Waals surface area contributed by atoms with Crippen LogP contribution in [0.1, 0.15) is 10.4 Å². The predicted octanol–water partition coefficient (Wildman–Crippen LogP) is 2.50. The lowest BCUT2D eigenvalue weighted by Gasteiger charge is -2.07. The van der Waals surface area contributed by atoms with Crippen LogP contribution in [0.15, 0.2) is 47.8 Å². The van der Waals surface area contributed by atoms with Crippen molar-refractivity contribution < 1.29 is 9.00 Å². The Morgan fingerprint density at radius 2 is 1.90 bits per heavy atom. The summed E-state index contributed by atoms with van der Waals surface area (Å²) in [5.41, 5.74) is 1.05. The molecule has 4 nitrogen and oxygen atoms in total. The van der Waals surface area contributed by atoms with Crippen LogP contribution in [-0.4, -0.2) is 22.5 Å². The molecule has 0 fully saturated rings. The molecule has 0 aliphatic carbocycles. The van der Waals surface area contributed by atoms with Gasteiger partial charge in [0.15, 0.2) is 0 Å². The monoisotopic (exact) mass is 322 g/mol. The number of thiophene rings is 1. The van der Waals surface area contributed by atoms with Crippen LogP contribution in [0.3, 0.4) is 0 Å². The van der Waals surface area contributed by atoms with Crippen molar-refractivity contribution in [2.75, 3.05) is 12.3 Å². The van der Waals surface area contributed by atoms with Gasteiger partial charge in [-0.3, -0.25) is 4.21 Å². The third kappa shape index (κ3) is 6.10. The summed E-state index contributed by atoms with van der Waals surface area (Å²) < 4.78 is 11.9. The Morgan fingerprint density at radius 3 is 2.62 bits per heavy atom. The van der Waals surface area contributed by atoms with Crippen molar-refractivity contribution in [3.05, 3.63) is 58.3 Å². The molecule has 2 amide bonds. The van der Waals surface area contributed by atoms with Crippen molar-refractivity contribution in [3.63, 3.8) is 0 Å². The van der Waals surface area contributed by atoms with Crippen LogP contribution in [0.2, 0.25) is 0 Å². The van der Waals surface area contributed by atoms with Gasteiger partial charge in [0.05, 0.1) is 6.54 Å². The summed E-state index contributed by atoms with van der Waals surface area (Å²) in [5.74, 6) is 0.987. The van der Waals surface area contributed by atoms with E-state index in [4.69, 9.17) is 0 Å². The zero-order valence-electron chi connectivity index (χ0n) is 11.6. The van der Waals surface area contributed by atoms with Crippen molar-refractivity contribution in [1.29, 1.82) is 0 Å². The molecular formula is C15H18N2O2S2. The van der Waals surface area contributed by atoms with Gasteiger partial charge in [-0.2, -0.15) is 0 Å². The average Bonchev–Trinajstić information content (AvgIpc) is 2.99. The third-order valence-corrected chi connectivity index (χ3v) is 4.98. The van der Waals surface area contributed by atoms with Gasteiger partial charge in [0, 0.05) is 33.7 Å². The molecular weight excluding hydrogens is 304 g/mol. The highest BCUT2D eigenvalue weighted by Gasteiger charge is 2.04. The summed E-state index contributed by atoms with van der Waals surface area (Å²) in [6, 6.07) is 13.4. The molecule has 6 heteroatoms. The van der Waals surface area contributed by atoms with Gasteiger partial charge in [-0.15, -0.1) is 11.3 Å². The summed E-state index contributed by atoms with van der Waals surface area (Å²) in [7, 11) is -0.961. The SMILES string of the molecule is O=C(NCC[S@](=O)Cc1ccccc1)NCc1cccs1. The number of hydrogen-bond donors (Lipinski definition) is 2. The van der Waals surface area contributed by atoms with E-state index in [1.54, 1.807) is 11.3 Å². The molecule has 0 radical (unpaired) electrons. The fraction of sp³-hybridized carbons (Fsp3) is 0.267. The summed E-state index contributed by atoms with van der Waals surface area (Å²) in [6.07, 6.45) is 0. The number of hydrogen-bond acceptors (Lipinski definition) is 3. The molecule has 0 saturated heterocycles. The van der Waals surface area contributed by atoms with Crippen molar-refractivity contribution in [3.8, 4) is 0 Å². The summed E-state index contributed by atoms with van der Waals surface area (Å²) in [4.78, 5) is 12.7. The van der Waals surface area contributed by atoms with E-state index in [1.165, 1.54) is 0 Å². The number of benzene rings is 1. The van der Waals surface area contributed by atoms with Gasteiger partial charge in [0.25, 0.3) is 0 Å². The third-order valence-electron chi connectivity index (χ3n) is 2.79. The van der Waals surface area contributed by atoms with Crippen LogP contribution < -0.4 is 10.6 Å². The molecule has 0 bridgehead atoms. The molecule has 1 heterocycles. The molecule has 0 aliphatic rings. The number of amides is 2. The van der Waals surface area contributed by atoms with Crippen LogP contribution in [0.25, 0.3) is 0 Å². The highest BCUT2D eigenvalue weighted by atomic mass is 32.2. The molecule has 2 N–H and O–H groups in total. The van der Waals surface area contributed by atoms with Crippen LogP contribution in [0.4, 0.5) is 4.79 Å². The molecule has 0 saturated carbocycles. The Morgan fingerprint density at radius 1 is 1.10 bits per heavy atom. The van der Waals surface area contributed by atoms with Crippen molar-refractivity contribution >= 4 is 28.2 Å². The quantitative estimate of drug-likeness (QED) is 0.823. The van der Waals surface area contributed by atoms with Crippen molar-refractivity contribution in [2.24, 2.45) is 0 Å². The van der Waals surface area contributed by atoms with E-state index in [-0.39, 0.29) is 6.03 Å². The minimum absolute atomic E-state index is 0.222. The van der Waals surface area contributed by atoms with Gasteiger partial charge in [-0.25, -0.2) is 4.79 Å². The average molecular weight is 322 g/mol. The Balaban J connectivity index is 1.60. The van der Waals surface area contributed by atoms with Crippen LogP contribution in [0.5, 0.6) is 0 Å². The van der Waals surface area contributed by atoms with E-state index in [2.05, 4.69) is 10.6 Å². The van der Waals surface area contributed by atoms with Gasteiger partial charge >= 0.3 is 6.03 Å².